The highest BCUT2D eigenvalue weighted by atomic mass is 79.9. The van der Waals surface area contributed by atoms with Gasteiger partial charge in [-0.05, 0) is 40.5 Å². The van der Waals surface area contributed by atoms with Crippen LogP contribution in [-0.4, -0.2) is 4.98 Å². The molecule has 2 aromatic heterocycles. The Bertz CT molecular complexity index is 493. The van der Waals surface area contributed by atoms with Crippen molar-refractivity contribution < 1.29 is 0 Å². The molecule has 0 aliphatic heterocycles. The van der Waals surface area contributed by atoms with Crippen molar-refractivity contribution in [1.82, 2.24) is 10.3 Å². The quantitative estimate of drug-likeness (QED) is 0.910. The van der Waals surface area contributed by atoms with E-state index in [0.717, 1.165) is 27.6 Å². The summed E-state index contributed by atoms with van der Waals surface area (Å²) in [6, 6.07) is 6.07. The van der Waals surface area contributed by atoms with Gasteiger partial charge in [0, 0.05) is 28.6 Å². The summed E-state index contributed by atoms with van der Waals surface area (Å²) in [7, 11) is 0. The molecule has 2 rings (SSSR count). The Labute approximate surface area is 118 Å². The molecular formula is C12H12BrClN2S. The molecule has 5 heteroatoms. The Morgan fingerprint density at radius 2 is 2.29 bits per heavy atom. The van der Waals surface area contributed by atoms with Gasteiger partial charge < -0.3 is 5.32 Å². The summed E-state index contributed by atoms with van der Waals surface area (Å²) in [5, 5.41) is 3.37. The minimum absolute atomic E-state index is 0.778. The number of nitrogens with zero attached hydrogens (tertiary/aromatic N) is 1. The van der Waals surface area contributed by atoms with Gasteiger partial charge in [-0.1, -0.05) is 17.7 Å². The topological polar surface area (TPSA) is 24.9 Å². The molecule has 1 N–H and O–H groups in total. The Balaban J connectivity index is 1.90. The predicted molar refractivity (Wildman–Crippen MR) is 76.5 cm³/mol. The molecule has 0 aromatic carbocycles. The number of thiophene rings is 1. The maximum atomic E-state index is 5.98. The molecule has 0 aliphatic carbocycles. The fourth-order valence-corrected chi connectivity index (χ4v) is 3.25. The number of rotatable bonds is 4. The van der Waals surface area contributed by atoms with Crippen LogP contribution in [-0.2, 0) is 13.1 Å². The number of halogens is 2. The van der Waals surface area contributed by atoms with Crippen LogP contribution in [0.4, 0.5) is 0 Å². The molecule has 0 saturated carbocycles. The molecule has 0 radical (unpaired) electrons. The minimum atomic E-state index is 0.778. The molecule has 0 fully saturated rings. The summed E-state index contributed by atoms with van der Waals surface area (Å²) < 4.78 is 1.77. The number of pyridine rings is 1. The van der Waals surface area contributed by atoms with Crippen molar-refractivity contribution in [2.45, 2.75) is 20.0 Å². The molecule has 2 nitrogen and oxygen atoms in total. The minimum Gasteiger partial charge on any atom is -0.306 e. The average Bonchev–Trinajstić information content (AvgIpc) is 2.61. The van der Waals surface area contributed by atoms with Crippen molar-refractivity contribution in [3.63, 3.8) is 0 Å². The zero-order chi connectivity index (χ0) is 12.3. The fourth-order valence-electron chi connectivity index (χ4n) is 1.49. The van der Waals surface area contributed by atoms with E-state index in [1.165, 1.54) is 10.4 Å². The van der Waals surface area contributed by atoms with Gasteiger partial charge in [0.15, 0.2) is 0 Å². The molecule has 0 amide bonds. The largest absolute Gasteiger partial charge is 0.306 e. The number of aromatic nitrogens is 1. The lowest BCUT2D eigenvalue weighted by atomic mass is 10.2. The standard InChI is InChI=1S/C12H12BrClN2S/c1-8-3-2-4-16-11(8)7-15-6-9-5-10(13)12(14)17-9/h2-5,15H,6-7H2,1H3. The average molecular weight is 332 g/mol. The predicted octanol–water partition coefficient (Wildman–Crippen LogP) is 4.16. The summed E-state index contributed by atoms with van der Waals surface area (Å²) >= 11 is 11.0. The summed E-state index contributed by atoms with van der Waals surface area (Å²) in [5.74, 6) is 0. The van der Waals surface area contributed by atoms with Gasteiger partial charge in [-0.25, -0.2) is 0 Å². The Kier molecular flexibility index (Phi) is 4.56. The van der Waals surface area contributed by atoms with Crippen molar-refractivity contribution >= 4 is 38.9 Å². The number of hydrogen-bond donors (Lipinski definition) is 1. The lowest BCUT2D eigenvalue weighted by Gasteiger charge is -2.05. The Morgan fingerprint density at radius 1 is 1.47 bits per heavy atom. The van der Waals surface area contributed by atoms with E-state index in [1.54, 1.807) is 11.3 Å². The summed E-state index contributed by atoms with van der Waals surface area (Å²) in [6.45, 7) is 3.66. The smallest absolute Gasteiger partial charge is 0.107 e. The molecule has 0 unspecified atom stereocenters. The molecule has 0 aliphatic rings. The van der Waals surface area contributed by atoms with E-state index in [0.29, 0.717) is 0 Å². The van der Waals surface area contributed by atoms with Crippen LogP contribution >= 0.6 is 38.9 Å². The number of hydrogen-bond acceptors (Lipinski definition) is 3. The van der Waals surface area contributed by atoms with Gasteiger partial charge in [-0.15, -0.1) is 11.3 Å². The van der Waals surface area contributed by atoms with Crippen LogP contribution in [0.15, 0.2) is 28.9 Å². The molecule has 2 aromatic rings. The lowest BCUT2D eigenvalue weighted by Crippen LogP contribution is -2.13. The Hall–Kier alpha value is -0.420. The van der Waals surface area contributed by atoms with Gasteiger partial charge in [-0.3, -0.25) is 4.98 Å². The van der Waals surface area contributed by atoms with Gasteiger partial charge in [0.1, 0.15) is 4.34 Å². The van der Waals surface area contributed by atoms with Crippen LogP contribution in [0.5, 0.6) is 0 Å². The Morgan fingerprint density at radius 3 is 2.94 bits per heavy atom. The lowest BCUT2D eigenvalue weighted by molar-refractivity contribution is 0.683. The first-order valence-corrected chi connectivity index (χ1v) is 7.20. The van der Waals surface area contributed by atoms with E-state index in [-0.39, 0.29) is 0 Å². The zero-order valence-electron chi connectivity index (χ0n) is 9.34. The molecule has 0 bridgehead atoms. The molecule has 0 spiro atoms. The number of aryl methyl sites for hydroxylation is 1. The maximum Gasteiger partial charge on any atom is 0.107 e. The summed E-state index contributed by atoms with van der Waals surface area (Å²) in [4.78, 5) is 5.56. The first kappa shape index (κ1) is 13.0. The van der Waals surface area contributed by atoms with E-state index in [9.17, 15) is 0 Å². The van der Waals surface area contributed by atoms with E-state index >= 15 is 0 Å². The molecule has 0 atom stereocenters. The van der Waals surface area contributed by atoms with Crippen molar-refractivity contribution in [3.05, 3.63) is 49.3 Å². The van der Waals surface area contributed by atoms with Gasteiger partial charge in [0.05, 0.1) is 5.69 Å². The second kappa shape index (κ2) is 5.96. The van der Waals surface area contributed by atoms with Crippen molar-refractivity contribution in [2.24, 2.45) is 0 Å². The van der Waals surface area contributed by atoms with Crippen molar-refractivity contribution in [1.29, 1.82) is 0 Å². The molecule has 0 saturated heterocycles. The third kappa shape index (κ3) is 3.52. The second-order valence-corrected chi connectivity index (χ2v) is 6.30. The maximum absolute atomic E-state index is 5.98. The van der Waals surface area contributed by atoms with Crippen LogP contribution in [0.2, 0.25) is 4.34 Å². The van der Waals surface area contributed by atoms with Crippen LogP contribution < -0.4 is 5.32 Å². The molecule has 17 heavy (non-hydrogen) atoms. The van der Waals surface area contributed by atoms with Crippen molar-refractivity contribution in [2.75, 3.05) is 0 Å². The van der Waals surface area contributed by atoms with E-state index in [1.807, 2.05) is 18.3 Å². The third-order valence-corrected chi connectivity index (χ3v) is 4.88. The zero-order valence-corrected chi connectivity index (χ0v) is 12.5. The monoisotopic (exact) mass is 330 g/mol. The summed E-state index contributed by atoms with van der Waals surface area (Å²) in [5.41, 5.74) is 2.31. The van der Waals surface area contributed by atoms with Gasteiger partial charge in [0.2, 0.25) is 0 Å². The highest BCUT2D eigenvalue weighted by Crippen LogP contribution is 2.31. The summed E-state index contributed by atoms with van der Waals surface area (Å²) in [6.07, 6.45) is 1.82. The van der Waals surface area contributed by atoms with E-state index in [2.05, 4.69) is 39.2 Å². The first-order chi connectivity index (χ1) is 8.16. The molecular weight excluding hydrogens is 320 g/mol. The highest BCUT2D eigenvalue weighted by Gasteiger charge is 2.04. The van der Waals surface area contributed by atoms with Crippen LogP contribution in [0.25, 0.3) is 0 Å². The third-order valence-electron chi connectivity index (χ3n) is 2.41. The van der Waals surface area contributed by atoms with Crippen LogP contribution in [0.1, 0.15) is 16.1 Å². The van der Waals surface area contributed by atoms with Crippen LogP contribution in [0, 0.1) is 6.92 Å². The SMILES string of the molecule is Cc1cccnc1CNCc1cc(Br)c(Cl)s1. The second-order valence-electron chi connectivity index (χ2n) is 3.70. The van der Waals surface area contributed by atoms with Gasteiger partial charge in [0.25, 0.3) is 0 Å². The van der Waals surface area contributed by atoms with Crippen LogP contribution in [0.3, 0.4) is 0 Å². The van der Waals surface area contributed by atoms with Crippen molar-refractivity contribution in [3.8, 4) is 0 Å². The fraction of sp³-hybridized carbons (Fsp3) is 0.250. The molecule has 90 valence electrons. The normalized spacial score (nSPS) is 10.8. The first-order valence-electron chi connectivity index (χ1n) is 5.21. The van der Waals surface area contributed by atoms with Gasteiger partial charge in [-0.2, -0.15) is 0 Å². The number of nitrogens with one attached hydrogen (secondary N) is 1. The molecule has 2 heterocycles. The van der Waals surface area contributed by atoms with E-state index in [4.69, 9.17) is 11.6 Å². The van der Waals surface area contributed by atoms with Gasteiger partial charge >= 0.3 is 0 Å². The highest BCUT2D eigenvalue weighted by molar-refractivity contribution is 9.10. The van der Waals surface area contributed by atoms with E-state index < -0.39 is 0 Å².